The van der Waals surface area contributed by atoms with E-state index in [1.54, 1.807) is 0 Å². The molecule has 1 heterocycles. The Kier molecular flexibility index (Phi) is 5.05. The van der Waals surface area contributed by atoms with Gasteiger partial charge in [0.05, 0.1) is 30.4 Å². The molecular weight excluding hydrogens is 308 g/mol. The van der Waals surface area contributed by atoms with Crippen LogP contribution in [-0.4, -0.2) is 51.5 Å². The second kappa shape index (κ2) is 6.64. The number of hydrogen-bond acceptors (Lipinski definition) is 5. The molecule has 0 bridgehead atoms. The predicted molar refractivity (Wildman–Crippen MR) is 81.5 cm³/mol. The summed E-state index contributed by atoms with van der Waals surface area (Å²) in [6.45, 7) is 4.18. The minimum Gasteiger partial charge on any atom is -0.495 e. The number of nitrogens with one attached hydrogen (secondary N) is 1. The number of anilines is 1. The summed E-state index contributed by atoms with van der Waals surface area (Å²) in [5.41, 5.74) is 0.331. The van der Waals surface area contributed by atoms with Crippen molar-refractivity contribution in [3.05, 3.63) is 18.2 Å². The van der Waals surface area contributed by atoms with E-state index in [0.29, 0.717) is 31.1 Å². The number of sulfonamides is 1. The van der Waals surface area contributed by atoms with Crippen LogP contribution in [0.5, 0.6) is 5.75 Å². The molecule has 0 unspecified atom stereocenters. The van der Waals surface area contributed by atoms with Crippen LogP contribution in [0.25, 0.3) is 0 Å². The fraction of sp³-hybridized carbons (Fsp3) is 0.500. The third-order valence-electron chi connectivity index (χ3n) is 3.32. The number of amides is 1. The smallest absolute Gasteiger partial charge is 0.243 e. The van der Waals surface area contributed by atoms with Gasteiger partial charge in [-0.05, 0) is 25.1 Å². The molecule has 2 rings (SSSR count). The molecule has 1 atom stereocenters. The quantitative estimate of drug-likeness (QED) is 0.893. The topological polar surface area (TPSA) is 84.9 Å². The zero-order chi connectivity index (χ0) is 16.3. The van der Waals surface area contributed by atoms with Gasteiger partial charge in [-0.3, -0.25) is 4.79 Å². The molecule has 0 radical (unpaired) electrons. The van der Waals surface area contributed by atoms with Crippen LogP contribution in [0.2, 0.25) is 0 Å². The fourth-order valence-electron chi connectivity index (χ4n) is 2.29. The van der Waals surface area contributed by atoms with E-state index in [1.165, 1.54) is 36.5 Å². The van der Waals surface area contributed by atoms with Gasteiger partial charge in [0.2, 0.25) is 15.9 Å². The summed E-state index contributed by atoms with van der Waals surface area (Å²) < 4.78 is 37.3. The Hall–Kier alpha value is -1.64. The highest BCUT2D eigenvalue weighted by atomic mass is 32.2. The van der Waals surface area contributed by atoms with Crippen LogP contribution in [0.15, 0.2) is 23.1 Å². The fourth-order valence-corrected chi connectivity index (χ4v) is 3.81. The highest BCUT2D eigenvalue weighted by Crippen LogP contribution is 2.29. The molecule has 1 fully saturated rings. The van der Waals surface area contributed by atoms with Gasteiger partial charge in [0.25, 0.3) is 0 Å². The first-order valence-electron chi connectivity index (χ1n) is 6.92. The second-order valence-corrected chi connectivity index (χ2v) is 7.03. The van der Waals surface area contributed by atoms with Crippen molar-refractivity contribution < 1.29 is 22.7 Å². The van der Waals surface area contributed by atoms with Crippen LogP contribution >= 0.6 is 0 Å². The third kappa shape index (κ3) is 3.57. The summed E-state index contributed by atoms with van der Waals surface area (Å²) >= 11 is 0. The van der Waals surface area contributed by atoms with Crippen LogP contribution in [0.4, 0.5) is 5.69 Å². The van der Waals surface area contributed by atoms with Crippen molar-refractivity contribution in [3.8, 4) is 5.75 Å². The minimum absolute atomic E-state index is 0.117. The Morgan fingerprint density at radius 3 is 2.77 bits per heavy atom. The molecule has 7 nitrogen and oxygen atoms in total. The first kappa shape index (κ1) is 16.7. The predicted octanol–water partition coefficient (Wildman–Crippen LogP) is 1.06. The number of nitrogens with zero attached hydrogens (tertiary/aromatic N) is 1. The number of carbonyl (C=O) groups is 1. The Bertz CT molecular complexity index is 659. The molecule has 1 N–H and O–H groups in total. The van der Waals surface area contributed by atoms with Gasteiger partial charge in [-0.2, -0.15) is 4.31 Å². The van der Waals surface area contributed by atoms with Crippen molar-refractivity contribution in [2.24, 2.45) is 0 Å². The van der Waals surface area contributed by atoms with Crippen molar-refractivity contribution in [3.63, 3.8) is 0 Å². The van der Waals surface area contributed by atoms with E-state index in [2.05, 4.69) is 5.32 Å². The molecule has 122 valence electrons. The molecule has 1 aliphatic heterocycles. The van der Waals surface area contributed by atoms with Crippen LogP contribution in [0, 0.1) is 0 Å². The molecule has 1 saturated heterocycles. The molecular formula is C14H20N2O5S. The Morgan fingerprint density at radius 2 is 2.18 bits per heavy atom. The zero-order valence-corrected chi connectivity index (χ0v) is 13.6. The average Bonchev–Trinajstić information content (AvgIpc) is 2.46. The second-order valence-electron chi connectivity index (χ2n) is 5.09. The summed E-state index contributed by atoms with van der Waals surface area (Å²) in [6.07, 6.45) is -0.142. The van der Waals surface area contributed by atoms with Crippen LogP contribution in [-0.2, 0) is 19.6 Å². The normalized spacial score (nSPS) is 19.7. The van der Waals surface area contributed by atoms with Crippen molar-refractivity contribution in [1.82, 2.24) is 4.31 Å². The number of morpholine rings is 1. The molecule has 1 amide bonds. The SMILES string of the molecule is COc1ccc(S(=O)(=O)N2CCO[C@H](C)C2)cc1NC(C)=O. The molecule has 22 heavy (non-hydrogen) atoms. The number of rotatable bonds is 4. The highest BCUT2D eigenvalue weighted by molar-refractivity contribution is 7.89. The van der Waals surface area contributed by atoms with Gasteiger partial charge in [-0.25, -0.2) is 8.42 Å². The van der Waals surface area contributed by atoms with Crippen LogP contribution in [0.1, 0.15) is 13.8 Å². The van der Waals surface area contributed by atoms with Gasteiger partial charge >= 0.3 is 0 Å². The molecule has 0 aromatic heterocycles. The lowest BCUT2D eigenvalue weighted by molar-refractivity contribution is -0.114. The van der Waals surface area contributed by atoms with Crippen molar-refractivity contribution in [2.45, 2.75) is 24.8 Å². The Labute approximate surface area is 130 Å². The lowest BCUT2D eigenvalue weighted by Crippen LogP contribution is -2.44. The van der Waals surface area contributed by atoms with Crippen LogP contribution < -0.4 is 10.1 Å². The largest absolute Gasteiger partial charge is 0.495 e. The Morgan fingerprint density at radius 1 is 1.45 bits per heavy atom. The molecule has 0 spiro atoms. The average molecular weight is 328 g/mol. The van der Waals surface area contributed by atoms with Gasteiger partial charge in [-0.15, -0.1) is 0 Å². The summed E-state index contributed by atoms with van der Waals surface area (Å²) in [4.78, 5) is 11.4. The molecule has 8 heteroatoms. The summed E-state index contributed by atoms with van der Waals surface area (Å²) in [5.74, 6) is 0.109. The van der Waals surface area contributed by atoms with E-state index >= 15 is 0 Å². The lowest BCUT2D eigenvalue weighted by atomic mass is 10.3. The number of methoxy groups -OCH3 is 1. The van der Waals surface area contributed by atoms with E-state index in [9.17, 15) is 13.2 Å². The maximum atomic E-state index is 12.7. The summed E-state index contributed by atoms with van der Waals surface area (Å²) in [7, 11) is -2.17. The summed E-state index contributed by atoms with van der Waals surface area (Å²) in [5, 5.41) is 2.58. The van der Waals surface area contributed by atoms with Gasteiger partial charge in [0, 0.05) is 20.0 Å². The minimum atomic E-state index is -3.63. The third-order valence-corrected chi connectivity index (χ3v) is 5.18. The lowest BCUT2D eigenvalue weighted by Gasteiger charge is -2.30. The summed E-state index contributed by atoms with van der Waals surface area (Å²) in [6, 6.07) is 4.41. The van der Waals surface area contributed by atoms with E-state index < -0.39 is 10.0 Å². The molecule has 1 aromatic rings. The van der Waals surface area contributed by atoms with E-state index in [4.69, 9.17) is 9.47 Å². The standard InChI is InChI=1S/C14H20N2O5S/c1-10-9-16(6-7-21-10)22(18,19)12-4-5-14(20-3)13(8-12)15-11(2)17/h4-5,8,10H,6-7,9H2,1-3H3,(H,15,17)/t10-/m1/s1. The van der Waals surface area contributed by atoms with Gasteiger partial charge in [0.15, 0.2) is 0 Å². The van der Waals surface area contributed by atoms with E-state index in [1.807, 2.05) is 6.92 Å². The number of benzene rings is 1. The Balaban J connectivity index is 2.36. The maximum absolute atomic E-state index is 12.7. The van der Waals surface area contributed by atoms with E-state index in [0.717, 1.165) is 0 Å². The maximum Gasteiger partial charge on any atom is 0.243 e. The number of carbonyl (C=O) groups excluding carboxylic acids is 1. The van der Waals surface area contributed by atoms with Crippen LogP contribution in [0.3, 0.4) is 0 Å². The van der Waals surface area contributed by atoms with Crippen molar-refractivity contribution in [1.29, 1.82) is 0 Å². The van der Waals surface area contributed by atoms with Gasteiger partial charge in [-0.1, -0.05) is 0 Å². The molecule has 0 aliphatic carbocycles. The highest BCUT2D eigenvalue weighted by Gasteiger charge is 2.29. The number of hydrogen-bond donors (Lipinski definition) is 1. The van der Waals surface area contributed by atoms with Gasteiger partial charge in [0.1, 0.15) is 5.75 Å². The van der Waals surface area contributed by atoms with Crippen molar-refractivity contribution >= 4 is 21.6 Å². The zero-order valence-electron chi connectivity index (χ0n) is 12.8. The molecule has 1 aliphatic rings. The first-order valence-corrected chi connectivity index (χ1v) is 8.36. The number of ether oxygens (including phenoxy) is 2. The first-order chi connectivity index (χ1) is 10.3. The van der Waals surface area contributed by atoms with E-state index in [-0.39, 0.29) is 16.9 Å². The van der Waals surface area contributed by atoms with Gasteiger partial charge < -0.3 is 14.8 Å². The molecule has 0 saturated carbocycles. The monoisotopic (exact) mass is 328 g/mol. The molecule has 1 aromatic carbocycles. The van der Waals surface area contributed by atoms with Crippen molar-refractivity contribution in [2.75, 3.05) is 32.1 Å².